The Labute approximate surface area is 153 Å². The second kappa shape index (κ2) is 7.62. The third kappa shape index (κ3) is 4.15. The van der Waals surface area contributed by atoms with Crippen LogP contribution in [0.15, 0.2) is 52.2 Å². The fraction of sp³-hybridized carbons (Fsp3) is 0.188. The first-order chi connectivity index (χ1) is 12.0. The topological polar surface area (TPSA) is 99.0 Å². The van der Waals surface area contributed by atoms with E-state index in [0.29, 0.717) is 21.8 Å². The van der Waals surface area contributed by atoms with Crippen LogP contribution in [0.4, 0.5) is 0 Å². The van der Waals surface area contributed by atoms with Gasteiger partial charge in [-0.25, -0.2) is 4.68 Å². The molecule has 0 saturated heterocycles. The van der Waals surface area contributed by atoms with Gasteiger partial charge in [-0.15, -0.1) is 10.2 Å². The van der Waals surface area contributed by atoms with Crippen LogP contribution in [0.3, 0.4) is 0 Å². The zero-order valence-corrected chi connectivity index (χ0v) is 14.9. The molecule has 9 heteroatoms. The Morgan fingerprint density at radius 1 is 1.40 bits per heavy atom. The maximum absolute atomic E-state index is 12.1. The molecule has 2 heterocycles. The first-order valence-corrected chi connectivity index (χ1v) is 8.83. The fourth-order valence-corrected chi connectivity index (χ4v) is 3.08. The highest BCUT2D eigenvalue weighted by Crippen LogP contribution is 2.23. The number of carbonyl (C=O) groups excluding carboxylic acids is 1. The Hall–Kier alpha value is -2.45. The van der Waals surface area contributed by atoms with Crippen LogP contribution in [-0.4, -0.2) is 26.5 Å². The fourth-order valence-electron chi connectivity index (χ4n) is 2.22. The van der Waals surface area contributed by atoms with Crippen molar-refractivity contribution in [2.24, 2.45) is 0 Å². The van der Waals surface area contributed by atoms with E-state index in [9.17, 15) is 4.79 Å². The average Bonchev–Trinajstić information content (AvgIpc) is 3.23. The molecule has 3 rings (SSSR count). The Bertz CT molecular complexity index is 865. The molecule has 0 aliphatic rings. The van der Waals surface area contributed by atoms with E-state index >= 15 is 0 Å². The van der Waals surface area contributed by atoms with E-state index in [1.807, 2.05) is 25.1 Å². The number of nitrogens with one attached hydrogen (secondary N) is 1. The number of hydrogen-bond acceptors (Lipinski definition) is 6. The van der Waals surface area contributed by atoms with E-state index in [1.165, 1.54) is 16.4 Å². The van der Waals surface area contributed by atoms with Gasteiger partial charge in [0.2, 0.25) is 11.1 Å². The van der Waals surface area contributed by atoms with Crippen molar-refractivity contribution < 1.29 is 9.21 Å². The maximum Gasteiger partial charge on any atom is 0.231 e. The minimum Gasteiger partial charge on any atom is -0.467 e. The molecule has 0 fully saturated rings. The number of nitrogens with two attached hydrogens (primary N) is 1. The molecule has 0 radical (unpaired) electrons. The molecule has 0 aliphatic heterocycles. The Morgan fingerprint density at radius 2 is 2.24 bits per heavy atom. The molecule has 130 valence electrons. The summed E-state index contributed by atoms with van der Waals surface area (Å²) in [5.74, 6) is 7.22. The van der Waals surface area contributed by atoms with Gasteiger partial charge in [0.15, 0.2) is 5.82 Å². The van der Waals surface area contributed by atoms with E-state index in [4.69, 9.17) is 21.9 Å². The minimum atomic E-state index is -0.208. The highest BCUT2D eigenvalue weighted by atomic mass is 35.5. The number of benzene rings is 1. The highest BCUT2D eigenvalue weighted by Gasteiger charge is 2.16. The van der Waals surface area contributed by atoms with Crippen LogP contribution >= 0.6 is 23.4 Å². The van der Waals surface area contributed by atoms with Crippen molar-refractivity contribution in [1.29, 1.82) is 0 Å². The molecule has 0 unspecified atom stereocenters. The summed E-state index contributed by atoms with van der Waals surface area (Å²) in [5.41, 5.74) is 0.755. The van der Waals surface area contributed by atoms with Crippen molar-refractivity contribution in [3.8, 4) is 11.4 Å². The van der Waals surface area contributed by atoms with E-state index in [0.717, 1.165) is 5.56 Å². The zero-order chi connectivity index (χ0) is 17.8. The second-order valence-corrected chi connectivity index (χ2v) is 6.66. The minimum absolute atomic E-state index is 0.152. The SMILES string of the molecule is C[C@H](NC(=O)CSc1nnc(-c2cccc(Cl)c2)n1N)c1ccco1. The van der Waals surface area contributed by atoms with Gasteiger partial charge in [-0.05, 0) is 31.2 Å². The van der Waals surface area contributed by atoms with Crippen LogP contribution in [0, 0.1) is 0 Å². The van der Waals surface area contributed by atoms with Gasteiger partial charge < -0.3 is 15.6 Å². The molecule has 3 aromatic rings. The van der Waals surface area contributed by atoms with Crippen molar-refractivity contribution in [1.82, 2.24) is 20.2 Å². The van der Waals surface area contributed by atoms with Gasteiger partial charge >= 0.3 is 0 Å². The van der Waals surface area contributed by atoms with E-state index in [2.05, 4.69) is 15.5 Å². The summed E-state index contributed by atoms with van der Waals surface area (Å²) in [6, 6.07) is 10.5. The number of carbonyl (C=O) groups is 1. The van der Waals surface area contributed by atoms with Gasteiger partial charge in [0.05, 0.1) is 18.1 Å². The van der Waals surface area contributed by atoms with Crippen LogP contribution in [0.25, 0.3) is 11.4 Å². The predicted octanol–water partition coefficient (Wildman–Crippen LogP) is 2.87. The molecular formula is C16H16ClN5O2S. The number of halogens is 1. The predicted molar refractivity (Wildman–Crippen MR) is 96.6 cm³/mol. The van der Waals surface area contributed by atoms with Crippen molar-refractivity contribution in [2.75, 3.05) is 11.6 Å². The van der Waals surface area contributed by atoms with Crippen molar-refractivity contribution >= 4 is 29.3 Å². The average molecular weight is 378 g/mol. The largest absolute Gasteiger partial charge is 0.467 e. The molecule has 7 nitrogen and oxygen atoms in total. The third-order valence-electron chi connectivity index (χ3n) is 3.43. The molecule has 1 aromatic carbocycles. The van der Waals surface area contributed by atoms with Crippen LogP contribution in [0.5, 0.6) is 0 Å². The summed E-state index contributed by atoms with van der Waals surface area (Å²) in [6.45, 7) is 1.85. The summed E-state index contributed by atoms with van der Waals surface area (Å²) in [5, 5.41) is 12.0. The van der Waals surface area contributed by atoms with Gasteiger partial charge in [0.25, 0.3) is 0 Å². The van der Waals surface area contributed by atoms with Gasteiger partial charge in [0.1, 0.15) is 5.76 Å². The molecule has 1 atom stereocenters. The van der Waals surface area contributed by atoms with E-state index < -0.39 is 0 Å². The molecule has 0 aliphatic carbocycles. The van der Waals surface area contributed by atoms with Crippen LogP contribution < -0.4 is 11.2 Å². The monoisotopic (exact) mass is 377 g/mol. The number of hydrogen-bond donors (Lipinski definition) is 2. The number of furan rings is 1. The standard InChI is InChI=1S/C16H16ClN5O2S/c1-10(13-6-3-7-24-13)19-14(23)9-25-16-21-20-15(22(16)18)11-4-2-5-12(17)8-11/h2-8,10H,9,18H2,1H3,(H,19,23)/t10-/m0/s1. The molecular weight excluding hydrogens is 362 g/mol. The molecule has 25 heavy (non-hydrogen) atoms. The van der Waals surface area contributed by atoms with Crippen molar-refractivity contribution in [2.45, 2.75) is 18.1 Å². The Morgan fingerprint density at radius 3 is 2.96 bits per heavy atom. The lowest BCUT2D eigenvalue weighted by atomic mass is 10.2. The summed E-state index contributed by atoms with van der Waals surface area (Å²) in [6.07, 6.45) is 1.57. The molecule has 2 aromatic heterocycles. The molecule has 0 saturated carbocycles. The smallest absolute Gasteiger partial charge is 0.231 e. The van der Waals surface area contributed by atoms with Gasteiger partial charge in [-0.1, -0.05) is 35.5 Å². The van der Waals surface area contributed by atoms with Crippen molar-refractivity contribution in [3.05, 3.63) is 53.4 Å². The zero-order valence-electron chi connectivity index (χ0n) is 13.3. The number of amides is 1. The van der Waals surface area contributed by atoms with Gasteiger partial charge in [-0.3, -0.25) is 4.79 Å². The number of rotatable bonds is 6. The summed E-state index contributed by atoms with van der Waals surface area (Å²) in [7, 11) is 0. The first-order valence-electron chi connectivity index (χ1n) is 7.46. The summed E-state index contributed by atoms with van der Waals surface area (Å²) >= 11 is 7.19. The van der Waals surface area contributed by atoms with E-state index in [-0.39, 0.29) is 17.7 Å². The van der Waals surface area contributed by atoms with Gasteiger partial charge in [-0.2, -0.15) is 0 Å². The summed E-state index contributed by atoms with van der Waals surface area (Å²) in [4.78, 5) is 12.1. The van der Waals surface area contributed by atoms with Crippen LogP contribution in [0.1, 0.15) is 18.7 Å². The molecule has 0 spiro atoms. The highest BCUT2D eigenvalue weighted by molar-refractivity contribution is 7.99. The number of aromatic nitrogens is 3. The van der Waals surface area contributed by atoms with Crippen LogP contribution in [-0.2, 0) is 4.79 Å². The van der Waals surface area contributed by atoms with Gasteiger partial charge in [0, 0.05) is 10.6 Å². The lowest BCUT2D eigenvalue weighted by Gasteiger charge is -2.11. The lowest BCUT2D eigenvalue weighted by molar-refractivity contribution is -0.119. The second-order valence-electron chi connectivity index (χ2n) is 5.28. The first kappa shape index (κ1) is 17.4. The van der Waals surface area contributed by atoms with E-state index in [1.54, 1.807) is 24.5 Å². The maximum atomic E-state index is 12.1. The quantitative estimate of drug-likeness (QED) is 0.506. The molecule has 0 bridgehead atoms. The molecule has 1 amide bonds. The van der Waals surface area contributed by atoms with Crippen LogP contribution in [0.2, 0.25) is 5.02 Å². The third-order valence-corrected chi connectivity index (χ3v) is 4.61. The van der Waals surface area contributed by atoms with Crippen molar-refractivity contribution in [3.63, 3.8) is 0 Å². The normalized spacial score (nSPS) is 12.1. The number of nitrogen functional groups attached to an aromatic ring is 1. The number of nitrogens with zero attached hydrogens (tertiary/aromatic N) is 3. The summed E-state index contributed by atoms with van der Waals surface area (Å²) < 4.78 is 6.61. The Kier molecular flexibility index (Phi) is 5.30. The molecule has 3 N–H and O–H groups in total. The lowest BCUT2D eigenvalue weighted by Crippen LogP contribution is -2.28. The number of thioether (sulfide) groups is 1. The Balaban J connectivity index is 1.61.